The maximum Gasteiger partial charge on any atom is 0.217 e. The monoisotopic (exact) mass is 621 g/mol. The topological polar surface area (TPSA) is 128 Å². The zero-order valence-corrected chi connectivity index (χ0v) is 26.4. The fourth-order valence-corrected chi connectivity index (χ4v) is 6.17. The number of aromatic nitrogens is 2. The highest BCUT2D eigenvalue weighted by molar-refractivity contribution is 7.90. The molecule has 2 aromatic heterocycles. The molecule has 0 saturated heterocycles. The molecule has 11 heteroatoms. The van der Waals surface area contributed by atoms with E-state index in [4.69, 9.17) is 14.5 Å². The van der Waals surface area contributed by atoms with Gasteiger partial charge >= 0.3 is 0 Å². The number of nitrogens with one attached hydrogen (secondary N) is 1. The van der Waals surface area contributed by atoms with Gasteiger partial charge in [-0.2, -0.15) is 0 Å². The number of ketones is 1. The fraction of sp³-hybridized carbons (Fsp3) is 0.364. The van der Waals surface area contributed by atoms with Gasteiger partial charge in [0.25, 0.3) is 0 Å². The number of nitrogens with zero attached hydrogens (tertiary/aromatic N) is 2. The molecule has 0 spiro atoms. The highest BCUT2D eigenvalue weighted by atomic mass is 32.2. The molecular weight excluding hydrogens is 585 g/mol. The number of methoxy groups -OCH3 is 1. The molecule has 0 saturated carbocycles. The molecule has 0 aliphatic carbocycles. The second kappa shape index (κ2) is 11.2. The molecule has 2 N–H and O–H groups in total. The van der Waals surface area contributed by atoms with Gasteiger partial charge in [-0.3, -0.25) is 9.78 Å². The third-order valence-corrected chi connectivity index (χ3v) is 10.3. The maximum absolute atomic E-state index is 13.8. The van der Waals surface area contributed by atoms with Gasteiger partial charge in [-0.05, 0) is 89.6 Å². The Morgan fingerprint density at radius 2 is 1.84 bits per heavy atom. The van der Waals surface area contributed by atoms with E-state index in [9.17, 15) is 22.7 Å². The minimum atomic E-state index is -3.81. The SMILES string of the molecule is COc1cc(C(=O)CC[C@](C)(O)c2cc3c(c(-c4ccc(F)cc4)n2)OC[C@]3(C)NS(=O)(=O)C(C)(C)C)cc2cccnc12. The van der Waals surface area contributed by atoms with Crippen molar-refractivity contribution in [2.24, 2.45) is 0 Å². The Balaban J connectivity index is 1.52. The second-order valence-corrected chi connectivity index (χ2v) is 15.0. The summed E-state index contributed by atoms with van der Waals surface area (Å²) in [5.74, 6) is 0.167. The van der Waals surface area contributed by atoms with E-state index < -0.39 is 31.7 Å². The van der Waals surface area contributed by atoms with Crippen LogP contribution in [0.15, 0.2) is 60.8 Å². The lowest BCUT2D eigenvalue weighted by Crippen LogP contribution is -2.50. The van der Waals surface area contributed by atoms with Crippen LogP contribution in [0, 0.1) is 5.82 Å². The van der Waals surface area contributed by atoms with Crippen LogP contribution in [0.5, 0.6) is 11.5 Å². The minimum Gasteiger partial charge on any atom is -0.494 e. The zero-order chi connectivity index (χ0) is 32.1. The van der Waals surface area contributed by atoms with Crippen molar-refractivity contribution >= 4 is 26.7 Å². The van der Waals surface area contributed by atoms with Crippen LogP contribution < -0.4 is 14.2 Å². The van der Waals surface area contributed by atoms with Crippen molar-refractivity contribution in [2.75, 3.05) is 13.7 Å². The van der Waals surface area contributed by atoms with E-state index in [1.54, 1.807) is 77.2 Å². The number of rotatable bonds is 9. The number of hydrogen-bond acceptors (Lipinski definition) is 8. The zero-order valence-electron chi connectivity index (χ0n) is 25.6. The molecule has 4 aromatic rings. The maximum atomic E-state index is 13.8. The van der Waals surface area contributed by atoms with Crippen LogP contribution in [-0.4, -0.2) is 47.7 Å². The predicted octanol–water partition coefficient (Wildman–Crippen LogP) is 5.64. The number of Topliss-reactive ketones (excluding diaryl/α,β-unsaturated/α-hetero) is 1. The number of hydrogen-bond donors (Lipinski definition) is 2. The Labute approximate surface area is 256 Å². The first-order chi connectivity index (χ1) is 20.5. The molecule has 5 rings (SSSR count). The fourth-order valence-electron chi connectivity index (χ4n) is 5.10. The number of carbonyl (C=O) groups is 1. The molecule has 2 aromatic carbocycles. The summed E-state index contributed by atoms with van der Waals surface area (Å²) >= 11 is 0. The number of ether oxygens (including phenoxy) is 2. The lowest BCUT2D eigenvalue weighted by Gasteiger charge is -2.30. The molecule has 1 aliphatic rings. The summed E-state index contributed by atoms with van der Waals surface area (Å²) in [6.07, 6.45) is 1.65. The number of carbonyl (C=O) groups excluding carboxylic acids is 1. The van der Waals surface area contributed by atoms with Crippen molar-refractivity contribution in [2.45, 2.75) is 63.3 Å². The van der Waals surface area contributed by atoms with E-state index in [1.807, 2.05) is 6.07 Å². The summed E-state index contributed by atoms with van der Waals surface area (Å²) < 4.78 is 53.4. The lowest BCUT2D eigenvalue weighted by molar-refractivity contribution is 0.0396. The van der Waals surface area contributed by atoms with Gasteiger partial charge in [-0.1, -0.05) is 6.07 Å². The number of halogens is 1. The van der Waals surface area contributed by atoms with E-state index in [0.717, 1.165) is 5.39 Å². The van der Waals surface area contributed by atoms with Gasteiger partial charge in [0.15, 0.2) is 11.5 Å². The molecule has 0 radical (unpaired) electrons. The molecule has 9 nitrogen and oxygen atoms in total. The molecule has 3 heterocycles. The van der Waals surface area contributed by atoms with Crippen LogP contribution in [0.25, 0.3) is 22.2 Å². The quantitative estimate of drug-likeness (QED) is 0.230. The number of sulfonamides is 1. The van der Waals surface area contributed by atoms with Gasteiger partial charge < -0.3 is 14.6 Å². The molecular formula is C33H36FN3O6S. The van der Waals surface area contributed by atoms with Gasteiger partial charge in [0.05, 0.1) is 23.1 Å². The molecule has 0 amide bonds. The lowest BCUT2D eigenvalue weighted by atomic mass is 9.88. The molecule has 0 fully saturated rings. The summed E-state index contributed by atoms with van der Waals surface area (Å²) in [5, 5.41) is 12.5. The van der Waals surface area contributed by atoms with Crippen molar-refractivity contribution in [1.29, 1.82) is 0 Å². The summed E-state index contributed by atoms with van der Waals surface area (Å²) in [7, 11) is -2.30. The average Bonchev–Trinajstić information content (AvgIpc) is 3.30. The molecule has 0 unspecified atom stereocenters. The summed E-state index contributed by atoms with van der Waals surface area (Å²) in [6, 6.07) is 14.3. The first kappa shape index (κ1) is 31.5. The van der Waals surface area contributed by atoms with E-state index >= 15 is 0 Å². The Morgan fingerprint density at radius 3 is 2.50 bits per heavy atom. The number of aliphatic hydroxyl groups is 1. The normalized spacial score (nSPS) is 18.0. The largest absolute Gasteiger partial charge is 0.494 e. The van der Waals surface area contributed by atoms with E-state index in [2.05, 4.69) is 9.71 Å². The van der Waals surface area contributed by atoms with E-state index in [1.165, 1.54) is 19.2 Å². The average molecular weight is 622 g/mol. The molecule has 232 valence electrons. The predicted molar refractivity (Wildman–Crippen MR) is 166 cm³/mol. The third-order valence-electron chi connectivity index (χ3n) is 7.96. The van der Waals surface area contributed by atoms with Crippen LogP contribution >= 0.6 is 0 Å². The Morgan fingerprint density at radius 1 is 1.14 bits per heavy atom. The highest BCUT2D eigenvalue weighted by Crippen LogP contribution is 2.45. The van der Waals surface area contributed by atoms with Crippen molar-refractivity contribution in [3.63, 3.8) is 0 Å². The Kier molecular flexibility index (Phi) is 8.02. The van der Waals surface area contributed by atoms with Gasteiger partial charge in [-0.25, -0.2) is 22.5 Å². The van der Waals surface area contributed by atoms with Crippen LogP contribution in [-0.2, 0) is 21.2 Å². The Hall–Kier alpha value is -3.93. The van der Waals surface area contributed by atoms with Crippen LogP contribution in [0.3, 0.4) is 0 Å². The van der Waals surface area contributed by atoms with Gasteiger partial charge in [0, 0.05) is 34.7 Å². The standard InChI is InChI=1S/C33H36FN3O6S/c1-31(2,3)44(40,41)37-32(4)19-43-30-24(32)18-27(36-29(30)20-9-11-23(34)12-10-20)33(5,39)14-13-25(38)22-16-21-8-7-15-35-28(21)26(17-22)42-6/h7-12,15-18,37,39H,13-14,19H2,1-6H3/t32-,33-/m0/s1. The van der Waals surface area contributed by atoms with Crippen LogP contribution in [0.2, 0.25) is 0 Å². The third kappa shape index (κ3) is 5.91. The first-order valence-corrected chi connectivity index (χ1v) is 15.7. The summed E-state index contributed by atoms with van der Waals surface area (Å²) in [6.45, 7) is 8.04. The van der Waals surface area contributed by atoms with Crippen LogP contribution in [0.1, 0.15) is 69.1 Å². The van der Waals surface area contributed by atoms with E-state index in [0.29, 0.717) is 39.4 Å². The van der Waals surface area contributed by atoms with Crippen molar-refractivity contribution in [3.05, 3.63) is 83.4 Å². The van der Waals surface area contributed by atoms with Crippen molar-refractivity contribution < 1.29 is 32.2 Å². The minimum absolute atomic E-state index is 0.0131. The van der Waals surface area contributed by atoms with Crippen molar-refractivity contribution in [3.8, 4) is 22.8 Å². The molecule has 0 bridgehead atoms. The number of pyridine rings is 2. The van der Waals surface area contributed by atoms with Crippen LogP contribution in [0.4, 0.5) is 4.39 Å². The smallest absolute Gasteiger partial charge is 0.217 e. The van der Waals surface area contributed by atoms with Crippen molar-refractivity contribution in [1.82, 2.24) is 14.7 Å². The molecule has 2 atom stereocenters. The molecule has 44 heavy (non-hydrogen) atoms. The summed E-state index contributed by atoms with van der Waals surface area (Å²) in [5.41, 5.74) is -0.176. The highest BCUT2D eigenvalue weighted by Gasteiger charge is 2.45. The summed E-state index contributed by atoms with van der Waals surface area (Å²) in [4.78, 5) is 22.4. The number of fused-ring (bicyclic) bond motifs is 2. The Bertz CT molecular complexity index is 1850. The van der Waals surface area contributed by atoms with E-state index in [-0.39, 0.29) is 30.9 Å². The second-order valence-electron chi connectivity index (χ2n) is 12.5. The first-order valence-electron chi connectivity index (χ1n) is 14.2. The van der Waals surface area contributed by atoms with Gasteiger partial charge in [-0.15, -0.1) is 0 Å². The van der Waals surface area contributed by atoms with Gasteiger partial charge in [0.1, 0.15) is 35.0 Å². The van der Waals surface area contributed by atoms with Gasteiger partial charge in [0.2, 0.25) is 10.0 Å². The molecule has 1 aliphatic heterocycles. The number of benzene rings is 2.